The molecule has 1 heterocycles. The van der Waals surface area contributed by atoms with E-state index < -0.39 is 0 Å². The summed E-state index contributed by atoms with van der Waals surface area (Å²) in [6, 6.07) is 1.73. The molecule has 4 nitrogen and oxygen atoms in total. The summed E-state index contributed by atoms with van der Waals surface area (Å²) in [5, 5.41) is 0. The zero-order chi connectivity index (χ0) is 15.7. The van der Waals surface area contributed by atoms with Crippen molar-refractivity contribution in [2.75, 3.05) is 0 Å². The van der Waals surface area contributed by atoms with Crippen LogP contribution in [0.5, 0.6) is 0 Å². The van der Waals surface area contributed by atoms with Crippen LogP contribution in [0.2, 0.25) is 0 Å². The first kappa shape index (κ1) is 16.3. The van der Waals surface area contributed by atoms with Crippen molar-refractivity contribution in [3.63, 3.8) is 0 Å². The smallest absolute Gasteiger partial charge is 0.206 e. The molecule has 2 atom stereocenters. The Morgan fingerprint density at radius 3 is 1.86 bits per heavy atom. The molecule has 4 heteroatoms. The van der Waals surface area contributed by atoms with Gasteiger partial charge in [0.1, 0.15) is 12.1 Å². The van der Waals surface area contributed by atoms with Gasteiger partial charge in [-0.25, -0.2) is 4.99 Å². The lowest BCUT2D eigenvalue weighted by atomic mass is 9.91. The van der Waals surface area contributed by atoms with Crippen molar-refractivity contribution in [2.45, 2.75) is 91.4 Å². The van der Waals surface area contributed by atoms with Gasteiger partial charge in [-0.2, -0.15) is 0 Å². The van der Waals surface area contributed by atoms with Crippen molar-refractivity contribution in [3.8, 4) is 0 Å². The third-order valence-electron chi connectivity index (χ3n) is 4.86. The molecule has 120 valence electrons. The molecule has 0 bridgehead atoms. The maximum Gasteiger partial charge on any atom is 0.206 e. The molecule has 1 fully saturated rings. The minimum Gasteiger partial charge on any atom is -0.353 e. The fraction of sp³-hybridized carbons (Fsp3) is 0.824. The number of nitrogens with zero attached hydrogens (tertiary/aromatic N) is 3. The van der Waals surface area contributed by atoms with E-state index in [2.05, 4.69) is 56.4 Å². The Morgan fingerprint density at radius 1 is 0.952 bits per heavy atom. The minimum absolute atomic E-state index is 0.384. The van der Waals surface area contributed by atoms with Crippen LogP contribution in [0.3, 0.4) is 0 Å². The molecule has 1 aliphatic carbocycles. The van der Waals surface area contributed by atoms with Gasteiger partial charge < -0.3 is 14.9 Å². The average Bonchev–Trinajstić information content (AvgIpc) is 2.64. The van der Waals surface area contributed by atoms with E-state index in [-0.39, 0.29) is 0 Å². The summed E-state index contributed by atoms with van der Waals surface area (Å²) >= 11 is 0. The highest BCUT2D eigenvalue weighted by Crippen LogP contribution is 2.20. The first-order valence-corrected chi connectivity index (χ1v) is 8.51. The molecular weight excluding hydrogens is 260 g/mol. The molecule has 0 amide bonds. The first-order chi connectivity index (χ1) is 9.84. The molecule has 21 heavy (non-hydrogen) atoms. The zero-order valence-corrected chi connectivity index (χ0v) is 14.7. The highest BCUT2D eigenvalue weighted by atomic mass is 15.2. The van der Waals surface area contributed by atoms with Crippen molar-refractivity contribution < 1.29 is 5.73 Å². The van der Waals surface area contributed by atoms with Gasteiger partial charge >= 0.3 is 0 Å². The van der Waals surface area contributed by atoms with Crippen LogP contribution in [0.15, 0.2) is 4.99 Å². The molecule has 1 aromatic heterocycles. The number of hydrogen-bond acceptors (Lipinski definition) is 1. The van der Waals surface area contributed by atoms with E-state index in [1.165, 1.54) is 37.1 Å². The van der Waals surface area contributed by atoms with Gasteiger partial charge in [0.05, 0.1) is 0 Å². The summed E-state index contributed by atoms with van der Waals surface area (Å²) < 4.78 is 4.80. The number of quaternary nitrogens is 1. The van der Waals surface area contributed by atoms with Crippen LogP contribution in [0.25, 0.3) is 0 Å². The van der Waals surface area contributed by atoms with Crippen molar-refractivity contribution in [1.82, 2.24) is 9.13 Å². The van der Waals surface area contributed by atoms with E-state index in [4.69, 9.17) is 4.99 Å². The molecule has 1 saturated carbocycles. The van der Waals surface area contributed by atoms with Crippen LogP contribution >= 0.6 is 0 Å². The minimum atomic E-state index is 0.384. The van der Waals surface area contributed by atoms with Crippen LogP contribution in [-0.2, 0) is 0 Å². The van der Waals surface area contributed by atoms with Gasteiger partial charge in [0.2, 0.25) is 5.62 Å². The van der Waals surface area contributed by atoms with Crippen LogP contribution in [-0.4, -0.2) is 21.2 Å². The second-order valence-corrected chi connectivity index (χ2v) is 7.14. The van der Waals surface area contributed by atoms with Crippen LogP contribution in [0, 0.1) is 13.8 Å². The fourth-order valence-electron chi connectivity index (χ4n) is 3.63. The molecule has 1 aromatic rings. The third-order valence-corrected chi connectivity index (χ3v) is 4.86. The summed E-state index contributed by atoms with van der Waals surface area (Å²) in [5.41, 5.74) is 8.17. The maximum absolute atomic E-state index is 5.19. The van der Waals surface area contributed by atoms with Crippen LogP contribution < -0.4 is 11.4 Å². The van der Waals surface area contributed by atoms with Gasteiger partial charge in [0.25, 0.3) is 0 Å². The van der Waals surface area contributed by atoms with Gasteiger partial charge in [-0.1, -0.05) is 6.42 Å². The van der Waals surface area contributed by atoms with Crippen molar-refractivity contribution in [1.29, 1.82) is 0 Å². The van der Waals surface area contributed by atoms with Crippen LogP contribution in [0.4, 0.5) is 0 Å². The molecule has 0 aliphatic heterocycles. The number of hydrogen-bond donors (Lipinski definition) is 1. The Hall–Kier alpha value is -1.03. The van der Waals surface area contributed by atoms with Gasteiger partial charge in [-0.3, -0.25) is 0 Å². The van der Waals surface area contributed by atoms with Gasteiger partial charge in [-0.05, 0) is 54.4 Å². The normalized spacial score (nSPS) is 23.1. The molecule has 3 N–H and O–H groups in total. The van der Waals surface area contributed by atoms with Gasteiger partial charge in [0.15, 0.2) is 0 Å². The monoisotopic (exact) mass is 293 g/mol. The van der Waals surface area contributed by atoms with Crippen molar-refractivity contribution in [2.24, 2.45) is 4.99 Å². The Kier molecular flexibility index (Phi) is 4.97. The summed E-state index contributed by atoms with van der Waals surface area (Å²) in [6.07, 6.45) is 5.01. The molecular formula is C17H33N4+. The maximum atomic E-state index is 5.19. The molecule has 0 aromatic carbocycles. The topological polar surface area (TPSA) is 49.9 Å². The first-order valence-electron chi connectivity index (χ1n) is 8.51. The average molecular weight is 293 g/mol. The summed E-state index contributed by atoms with van der Waals surface area (Å²) in [7, 11) is 0. The van der Waals surface area contributed by atoms with E-state index in [1.807, 2.05) is 0 Å². The lowest BCUT2D eigenvalue weighted by molar-refractivity contribution is -0.429. The second-order valence-electron chi connectivity index (χ2n) is 7.14. The van der Waals surface area contributed by atoms with Gasteiger partial charge in [0, 0.05) is 29.9 Å². The standard InChI is InChI=1S/C17H32N4/c1-11(2)20-13(5)14(6)21(12(3)4)17(20)19-16-10-8-7-9-15(16)18/h11-12,15-16H,7-10,18H2,1-6H3/p+1/t15-,16-/m1/s1. The highest BCUT2D eigenvalue weighted by Gasteiger charge is 2.25. The zero-order valence-electron chi connectivity index (χ0n) is 14.7. The number of rotatable bonds is 3. The SMILES string of the molecule is Cc1c(C)n(C(C)C)c(=N[C@@H]2CCCC[C@H]2[NH3+])n1C(C)C. The van der Waals surface area contributed by atoms with Crippen molar-refractivity contribution >= 4 is 0 Å². The molecule has 1 aliphatic rings. The molecule has 0 saturated heterocycles. The van der Waals surface area contributed by atoms with Crippen molar-refractivity contribution in [3.05, 3.63) is 17.0 Å². The molecule has 0 unspecified atom stereocenters. The third kappa shape index (κ3) is 3.10. The summed E-state index contributed by atoms with van der Waals surface area (Å²) in [5.74, 6) is 0. The lowest BCUT2D eigenvalue weighted by Crippen LogP contribution is -2.67. The van der Waals surface area contributed by atoms with Crippen LogP contribution in [0.1, 0.15) is 76.8 Å². The molecule has 0 spiro atoms. The largest absolute Gasteiger partial charge is 0.353 e. The lowest BCUT2D eigenvalue weighted by Gasteiger charge is -2.23. The van der Waals surface area contributed by atoms with E-state index in [9.17, 15) is 0 Å². The second kappa shape index (κ2) is 6.39. The van der Waals surface area contributed by atoms with E-state index in [0.717, 1.165) is 5.62 Å². The summed E-state index contributed by atoms with van der Waals surface area (Å²) in [4.78, 5) is 5.19. The number of aromatic nitrogens is 2. The Balaban J connectivity index is 2.62. The predicted octanol–water partition coefficient (Wildman–Crippen LogP) is 2.52. The Morgan fingerprint density at radius 2 is 1.43 bits per heavy atom. The Labute approximate surface area is 129 Å². The fourth-order valence-corrected chi connectivity index (χ4v) is 3.63. The number of imidazole rings is 1. The molecule has 2 rings (SSSR count). The van der Waals surface area contributed by atoms with E-state index in [0.29, 0.717) is 24.2 Å². The van der Waals surface area contributed by atoms with Gasteiger partial charge in [-0.15, -0.1) is 0 Å². The van der Waals surface area contributed by atoms with E-state index in [1.54, 1.807) is 0 Å². The highest BCUT2D eigenvalue weighted by molar-refractivity contribution is 5.13. The Bertz CT molecular complexity index is 513. The predicted molar refractivity (Wildman–Crippen MR) is 87.2 cm³/mol. The van der Waals surface area contributed by atoms with E-state index >= 15 is 0 Å². The summed E-state index contributed by atoms with van der Waals surface area (Å²) in [6.45, 7) is 13.4. The quantitative estimate of drug-likeness (QED) is 0.890. The molecule has 0 radical (unpaired) electrons.